The van der Waals surface area contributed by atoms with Gasteiger partial charge in [0.25, 0.3) is 0 Å². The molecule has 0 spiro atoms. The van der Waals surface area contributed by atoms with Crippen molar-refractivity contribution in [1.29, 1.82) is 0 Å². The van der Waals surface area contributed by atoms with Crippen LogP contribution in [0.5, 0.6) is 0 Å². The molecule has 0 aliphatic carbocycles. The number of alkyl halides is 2. The summed E-state index contributed by atoms with van der Waals surface area (Å²) in [7, 11) is 0. The first-order valence-electron chi connectivity index (χ1n) is 6.91. The molecular formula is C14H19F2N3O2. The molecule has 2 rings (SSSR count). The van der Waals surface area contributed by atoms with Gasteiger partial charge in [-0.1, -0.05) is 6.07 Å². The van der Waals surface area contributed by atoms with E-state index in [2.05, 4.69) is 10.3 Å². The summed E-state index contributed by atoms with van der Waals surface area (Å²) >= 11 is 0. The van der Waals surface area contributed by atoms with Crippen LogP contribution in [0.3, 0.4) is 0 Å². The lowest BCUT2D eigenvalue weighted by molar-refractivity contribution is -0.0479. The standard InChI is InChI=1S/C14H19F2N3O2/c1-10-2-3-12(18-8-10)14(15,16)9-19(13(20)21)11-4-6-17-7-5-11/h2-3,8,11,17H,4-7,9H2,1H3,(H,20,21). The number of halogens is 2. The molecule has 1 aliphatic rings. The Balaban J connectivity index is 2.14. The van der Waals surface area contributed by atoms with E-state index in [0.717, 1.165) is 10.5 Å². The van der Waals surface area contributed by atoms with E-state index < -0.39 is 24.3 Å². The molecule has 0 radical (unpaired) electrons. The Morgan fingerprint density at radius 3 is 2.67 bits per heavy atom. The minimum absolute atomic E-state index is 0.375. The van der Waals surface area contributed by atoms with Gasteiger partial charge >= 0.3 is 12.0 Å². The zero-order chi connectivity index (χ0) is 15.5. The summed E-state index contributed by atoms with van der Waals surface area (Å²) in [6.45, 7) is 2.18. The van der Waals surface area contributed by atoms with Crippen LogP contribution in [-0.2, 0) is 5.92 Å². The van der Waals surface area contributed by atoms with Crippen molar-refractivity contribution >= 4 is 6.09 Å². The second-order valence-electron chi connectivity index (χ2n) is 5.32. The number of aryl methyl sites for hydroxylation is 1. The monoisotopic (exact) mass is 299 g/mol. The largest absolute Gasteiger partial charge is 0.465 e. The highest BCUT2D eigenvalue weighted by Crippen LogP contribution is 2.29. The molecule has 0 saturated carbocycles. The Labute approximate surface area is 122 Å². The van der Waals surface area contributed by atoms with Crippen LogP contribution in [-0.4, -0.2) is 46.8 Å². The van der Waals surface area contributed by atoms with Gasteiger partial charge in [0.2, 0.25) is 0 Å². The fourth-order valence-electron chi connectivity index (χ4n) is 2.45. The minimum Gasteiger partial charge on any atom is -0.465 e. The van der Waals surface area contributed by atoms with Crippen molar-refractivity contribution in [3.8, 4) is 0 Å². The van der Waals surface area contributed by atoms with E-state index in [9.17, 15) is 18.7 Å². The summed E-state index contributed by atoms with van der Waals surface area (Å²) in [4.78, 5) is 15.9. The lowest BCUT2D eigenvalue weighted by Crippen LogP contribution is -2.49. The first-order chi connectivity index (χ1) is 9.90. The van der Waals surface area contributed by atoms with Gasteiger partial charge in [0.1, 0.15) is 5.69 Å². The number of rotatable bonds is 4. The Hall–Kier alpha value is -1.76. The molecule has 5 nitrogen and oxygen atoms in total. The van der Waals surface area contributed by atoms with Crippen molar-refractivity contribution in [3.63, 3.8) is 0 Å². The maximum Gasteiger partial charge on any atom is 0.407 e. The van der Waals surface area contributed by atoms with Gasteiger partial charge in [0.15, 0.2) is 0 Å². The zero-order valence-electron chi connectivity index (χ0n) is 11.9. The average Bonchev–Trinajstić information content (AvgIpc) is 2.46. The first-order valence-corrected chi connectivity index (χ1v) is 6.91. The van der Waals surface area contributed by atoms with E-state index >= 15 is 0 Å². The quantitative estimate of drug-likeness (QED) is 0.894. The minimum atomic E-state index is -3.29. The number of pyridine rings is 1. The third-order valence-electron chi connectivity index (χ3n) is 3.65. The van der Waals surface area contributed by atoms with Crippen LogP contribution >= 0.6 is 0 Å². The number of carbonyl (C=O) groups is 1. The van der Waals surface area contributed by atoms with Crippen molar-refractivity contribution in [2.75, 3.05) is 19.6 Å². The van der Waals surface area contributed by atoms with Crippen molar-refractivity contribution < 1.29 is 18.7 Å². The molecule has 21 heavy (non-hydrogen) atoms. The summed E-state index contributed by atoms with van der Waals surface area (Å²) < 4.78 is 28.5. The maximum atomic E-state index is 14.3. The molecule has 0 unspecified atom stereocenters. The Kier molecular flexibility index (Phi) is 4.72. The molecule has 116 valence electrons. The molecular weight excluding hydrogens is 280 g/mol. The number of nitrogens with one attached hydrogen (secondary N) is 1. The van der Waals surface area contributed by atoms with Crippen LogP contribution in [0.25, 0.3) is 0 Å². The average molecular weight is 299 g/mol. The van der Waals surface area contributed by atoms with E-state index in [4.69, 9.17) is 0 Å². The van der Waals surface area contributed by atoms with Gasteiger partial charge in [-0.3, -0.25) is 9.88 Å². The smallest absolute Gasteiger partial charge is 0.407 e. The Morgan fingerprint density at radius 1 is 1.48 bits per heavy atom. The Morgan fingerprint density at radius 2 is 2.14 bits per heavy atom. The molecule has 2 heterocycles. The number of hydrogen-bond acceptors (Lipinski definition) is 3. The molecule has 1 amide bonds. The van der Waals surface area contributed by atoms with Gasteiger partial charge in [-0.25, -0.2) is 4.79 Å². The molecule has 1 saturated heterocycles. The van der Waals surface area contributed by atoms with Crippen molar-refractivity contribution in [1.82, 2.24) is 15.2 Å². The topological polar surface area (TPSA) is 65.5 Å². The number of carboxylic acid groups (broad SMARTS) is 1. The van der Waals surface area contributed by atoms with Gasteiger partial charge < -0.3 is 10.4 Å². The fourth-order valence-corrected chi connectivity index (χ4v) is 2.45. The van der Waals surface area contributed by atoms with E-state index in [0.29, 0.717) is 25.9 Å². The van der Waals surface area contributed by atoms with E-state index in [-0.39, 0.29) is 6.04 Å². The van der Waals surface area contributed by atoms with Crippen LogP contribution in [0.2, 0.25) is 0 Å². The summed E-state index contributed by atoms with van der Waals surface area (Å²) in [6, 6.07) is 2.42. The van der Waals surface area contributed by atoms with Crippen LogP contribution in [0.4, 0.5) is 13.6 Å². The molecule has 1 fully saturated rings. The SMILES string of the molecule is Cc1ccc(C(F)(F)CN(C(=O)O)C2CCNCC2)nc1. The normalized spacial score (nSPS) is 16.7. The summed E-state index contributed by atoms with van der Waals surface area (Å²) in [5.74, 6) is -3.29. The fraction of sp³-hybridized carbons (Fsp3) is 0.571. The van der Waals surface area contributed by atoms with Gasteiger partial charge in [0, 0.05) is 12.2 Å². The predicted molar refractivity (Wildman–Crippen MR) is 73.5 cm³/mol. The summed E-state index contributed by atoms with van der Waals surface area (Å²) in [5, 5.41) is 12.3. The van der Waals surface area contributed by atoms with Crippen molar-refractivity contribution in [2.24, 2.45) is 0 Å². The third kappa shape index (κ3) is 3.87. The predicted octanol–water partition coefficient (Wildman–Crippen LogP) is 2.21. The second kappa shape index (κ2) is 6.34. The van der Waals surface area contributed by atoms with E-state index in [1.807, 2.05) is 0 Å². The van der Waals surface area contributed by atoms with Crippen molar-refractivity contribution in [3.05, 3.63) is 29.6 Å². The molecule has 7 heteroatoms. The number of nitrogens with zero attached hydrogens (tertiary/aromatic N) is 2. The van der Waals surface area contributed by atoms with E-state index in [1.54, 1.807) is 13.0 Å². The van der Waals surface area contributed by atoms with Gasteiger partial charge in [-0.15, -0.1) is 0 Å². The molecule has 0 aromatic carbocycles. The molecule has 0 atom stereocenters. The first kappa shape index (κ1) is 15.6. The van der Waals surface area contributed by atoms with Crippen LogP contribution in [0.1, 0.15) is 24.1 Å². The van der Waals surface area contributed by atoms with Gasteiger partial charge in [0.05, 0.1) is 6.54 Å². The van der Waals surface area contributed by atoms with Crippen LogP contribution < -0.4 is 5.32 Å². The maximum absolute atomic E-state index is 14.3. The summed E-state index contributed by atoms with van der Waals surface area (Å²) in [5.41, 5.74) is 0.385. The number of aromatic nitrogens is 1. The van der Waals surface area contributed by atoms with Gasteiger partial charge in [-0.05, 0) is 44.5 Å². The van der Waals surface area contributed by atoms with Crippen molar-refractivity contribution in [2.45, 2.75) is 31.7 Å². The van der Waals surface area contributed by atoms with E-state index in [1.165, 1.54) is 12.3 Å². The lowest BCUT2D eigenvalue weighted by Gasteiger charge is -2.34. The number of piperidine rings is 1. The third-order valence-corrected chi connectivity index (χ3v) is 3.65. The van der Waals surface area contributed by atoms with Crippen LogP contribution in [0.15, 0.2) is 18.3 Å². The molecule has 1 aliphatic heterocycles. The molecule has 1 aromatic heterocycles. The highest BCUT2D eigenvalue weighted by atomic mass is 19.3. The Bertz CT molecular complexity index is 487. The highest BCUT2D eigenvalue weighted by Gasteiger charge is 2.39. The second-order valence-corrected chi connectivity index (χ2v) is 5.32. The molecule has 1 aromatic rings. The van der Waals surface area contributed by atoms with Gasteiger partial charge in [-0.2, -0.15) is 8.78 Å². The molecule has 0 bridgehead atoms. The number of hydrogen-bond donors (Lipinski definition) is 2. The molecule has 2 N–H and O–H groups in total. The zero-order valence-corrected chi connectivity index (χ0v) is 11.9. The highest BCUT2D eigenvalue weighted by molar-refractivity contribution is 5.65. The summed E-state index contributed by atoms with van der Waals surface area (Å²) in [6.07, 6.45) is 1.14. The van der Waals surface area contributed by atoms with Crippen LogP contribution in [0, 0.1) is 6.92 Å². The lowest BCUT2D eigenvalue weighted by atomic mass is 10.0. The number of amides is 1.